The van der Waals surface area contributed by atoms with Gasteiger partial charge in [0.25, 0.3) is 11.8 Å². The third-order valence-electron chi connectivity index (χ3n) is 4.35. The molecule has 1 N–H and O–H groups in total. The minimum Gasteiger partial charge on any atom is -0.354 e. The maximum Gasteiger partial charge on any atom is 0.262 e. The molecule has 1 aromatic carbocycles. The quantitative estimate of drug-likeness (QED) is 0.625. The predicted octanol–water partition coefficient (Wildman–Crippen LogP) is 0.885. The second-order valence-corrected chi connectivity index (χ2v) is 5.99. The number of carbonyl (C=O) groups is 3. The van der Waals surface area contributed by atoms with E-state index in [4.69, 9.17) is 0 Å². The van der Waals surface area contributed by atoms with Crippen LogP contribution in [0.4, 0.5) is 0 Å². The number of carbonyl (C=O) groups excluding carboxylic acids is 3. The number of imide groups is 1. The second-order valence-electron chi connectivity index (χ2n) is 5.99. The Hall–Kier alpha value is -2.21. The average molecular weight is 315 g/mol. The van der Waals surface area contributed by atoms with Crippen LogP contribution in [-0.4, -0.2) is 60.2 Å². The lowest BCUT2D eigenvalue weighted by Crippen LogP contribution is -2.41. The zero-order chi connectivity index (χ0) is 16.2. The third kappa shape index (κ3) is 3.42. The Labute approximate surface area is 135 Å². The highest BCUT2D eigenvalue weighted by Crippen LogP contribution is 2.21. The molecular formula is C17H21N3O3. The van der Waals surface area contributed by atoms with E-state index in [-0.39, 0.29) is 12.5 Å². The van der Waals surface area contributed by atoms with Gasteiger partial charge >= 0.3 is 0 Å². The van der Waals surface area contributed by atoms with Crippen molar-refractivity contribution >= 4 is 17.7 Å². The van der Waals surface area contributed by atoms with Crippen LogP contribution in [0.1, 0.15) is 40.0 Å². The first kappa shape index (κ1) is 15.7. The molecule has 3 rings (SSSR count). The number of benzene rings is 1. The SMILES string of the molecule is O=C(CN1C(=O)c2ccccc2C1=O)NCCCN1CCCC1. The summed E-state index contributed by atoms with van der Waals surface area (Å²) in [5.41, 5.74) is 0.749. The number of nitrogens with one attached hydrogen (secondary N) is 1. The standard InChI is InChI=1S/C17H21N3O3/c21-15(18-8-5-11-19-9-3-4-10-19)12-20-16(22)13-6-1-2-7-14(13)17(20)23/h1-2,6-7H,3-5,8-12H2,(H,18,21). The molecule has 6 heteroatoms. The Morgan fingerprint density at radius 1 is 1.04 bits per heavy atom. The van der Waals surface area contributed by atoms with E-state index < -0.39 is 11.8 Å². The molecule has 1 fully saturated rings. The minimum atomic E-state index is -0.391. The van der Waals surface area contributed by atoms with Gasteiger partial charge in [-0.15, -0.1) is 0 Å². The maximum absolute atomic E-state index is 12.2. The van der Waals surface area contributed by atoms with Crippen molar-refractivity contribution in [2.24, 2.45) is 0 Å². The van der Waals surface area contributed by atoms with E-state index in [1.807, 2.05) is 0 Å². The summed E-state index contributed by atoms with van der Waals surface area (Å²) < 4.78 is 0. The number of rotatable bonds is 6. The molecular weight excluding hydrogens is 294 g/mol. The summed E-state index contributed by atoms with van der Waals surface area (Å²) >= 11 is 0. The van der Waals surface area contributed by atoms with Gasteiger partial charge in [0.1, 0.15) is 6.54 Å². The molecule has 0 bridgehead atoms. The average Bonchev–Trinajstić information content (AvgIpc) is 3.15. The highest BCUT2D eigenvalue weighted by molar-refractivity contribution is 6.22. The molecule has 0 spiro atoms. The van der Waals surface area contributed by atoms with Crippen molar-refractivity contribution in [2.75, 3.05) is 32.7 Å². The topological polar surface area (TPSA) is 69.7 Å². The zero-order valence-electron chi connectivity index (χ0n) is 13.1. The Balaban J connectivity index is 1.45. The van der Waals surface area contributed by atoms with Crippen LogP contribution in [0.15, 0.2) is 24.3 Å². The van der Waals surface area contributed by atoms with Crippen molar-refractivity contribution in [3.8, 4) is 0 Å². The van der Waals surface area contributed by atoms with Gasteiger partial charge in [-0.25, -0.2) is 0 Å². The first-order valence-electron chi connectivity index (χ1n) is 8.11. The van der Waals surface area contributed by atoms with Crippen molar-refractivity contribution in [1.82, 2.24) is 15.1 Å². The van der Waals surface area contributed by atoms with Crippen LogP contribution in [0.5, 0.6) is 0 Å². The van der Waals surface area contributed by atoms with Crippen LogP contribution >= 0.6 is 0 Å². The minimum absolute atomic E-state index is 0.212. The van der Waals surface area contributed by atoms with Crippen LogP contribution in [0.25, 0.3) is 0 Å². The third-order valence-corrected chi connectivity index (χ3v) is 4.35. The highest BCUT2D eigenvalue weighted by Gasteiger charge is 2.36. The maximum atomic E-state index is 12.2. The molecule has 3 amide bonds. The van der Waals surface area contributed by atoms with Crippen molar-refractivity contribution in [3.63, 3.8) is 0 Å². The molecule has 23 heavy (non-hydrogen) atoms. The molecule has 122 valence electrons. The number of amides is 3. The summed E-state index contributed by atoms with van der Waals surface area (Å²) in [7, 11) is 0. The fourth-order valence-electron chi connectivity index (χ4n) is 3.12. The lowest BCUT2D eigenvalue weighted by Gasteiger charge is -2.16. The lowest BCUT2D eigenvalue weighted by molar-refractivity contribution is -0.121. The molecule has 2 aliphatic heterocycles. The first-order chi connectivity index (χ1) is 11.2. The van der Waals surface area contributed by atoms with Crippen LogP contribution in [-0.2, 0) is 4.79 Å². The summed E-state index contributed by atoms with van der Waals surface area (Å²) in [6.45, 7) is 3.62. The van der Waals surface area contributed by atoms with E-state index in [1.54, 1.807) is 24.3 Å². The van der Waals surface area contributed by atoms with Gasteiger partial charge in [-0.3, -0.25) is 19.3 Å². The Morgan fingerprint density at radius 3 is 2.26 bits per heavy atom. The van der Waals surface area contributed by atoms with Gasteiger partial charge in [-0.2, -0.15) is 0 Å². The van der Waals surface area contributed by atoms with Gasteiger partial charge in [0.05, 0.1) is 11.1 Å². The van der Waals surface area contributed by atoms with Gasteiger partial charge in [0, 0.05) is 6.54 Å². The molecule has 2 heterocycles. The van der Waals surface area contributed by atoms with E-state index in [1.165, 1.54) is 12.8 Å². The molecule has 0 atom stereocenters. The highest BCUT2D eigenvalue weighted by atomic mass is 16.2. The molecule has 0 saturated carbocycles. The van der Waals surface area contributed by atoms with Gasteiger partial charge in [0.2, 0.25) is 5.91 Å². The van der Waals surface area contributed by atoms with E-state index in [9.17, 15) is 14.4 Å². The van der Waals surface area contributed by atoms with E-state index in [0.29, 0.717) is 17.7 Å². The van der Waals surface area contributed by atoms with Crippen molar-refractivity contribution in [2.45, 2.75) is 19.3 Å². The Kier molecular flexibility index (Phi) is 4.71. The molecule has 6 nitrogen and oxygen atoms in total. The molecule has 0 radical (unpaired) electrons. The summed E-state index contributed by atoms with van der Waals surface area (Å²) in [6.07, 6.45) is 3.39. The van der Waals surface area contributed by atoms with Gasteiger partial charge in [0.15, 0.2) is 0 Å². The number of hydrogen-bond acceptors (Lipinski definition) is 4. The van der Waals surface area contributed by atoms with Gasteiger partial charge in [-0.1, -0.05) is 12.1 Å². The van der Waals surface area contributed by atoms with E-state index in [0.717, 1.165) is 31.0 Å². The summed E-state index contributed by atoms with van der Waals surface area (Å²) in [6, 6.07) is 6.66. The molecule has 2 aliphatic rings. The molecule has 0 aromatic heterocycles. The normalized spacial score (nSPS) is 17.7. The summed E-state index contributed by atoms with van der Waals surface area (Å²) in [5, 5.41) is 2.79. The van der Waals surface area contributed by atoms with Crippen LogP contribution in [0.2, 0.25) is 0 Å². The van der Waals surface area contributed by atoms with E-state index in [2.05, 4.69) is 10.2 Å². The fraction of sp³-hybridized carbons (Fsp3) is 0.471. The first-order valence-corrected chi connectivity index (χ1v) is 8.11. The second kappa shape index (κ2) is 6.91. The van der Waals surface area contributed by atoms with Crippen LogP contribution < -0.4 is 5.32 Å². The predicted molar refractivity (Wildman–Crippen MR) is 85.1 cm³/mol. The Bertz CT molecular complexity index is 588. The van der Waals surface area contributed by atoms with E-state index >= 15 is 0 Å². The summed E-state index contributed by atoms with van der Waals surface area (Å²) in [4.78, 5) is 39.7. The van der Waals surface area contributed by atoms with Gasteiger partial charge < -0.3 is 10.2 Å². The molecule has 0 aliphatic carbocycles. The van der Waals surface area contributed by atoms with Gasteiger partial charge in [-0.05, 0) is 51.0 Å². The largest absolute Gasteiger partial charge is 0.354 e. The molecule has 1 aromatic rings. The zero-order valence-corrected chi connectivity index (χ0v) is 13.1. The molecule has 1 saturated heterocycles. The fourth-order valence-corrected chi connectivity index (χ4v) is 3.12. The Morgan fingerprint density at radius 2 is 1.65 bits per heavy atom. The smallest absolute Gasteiger partial charge is 0.262 e. The summed E-state index contributed by atoms with van der Waals surface area (Å²) in [5.74, 6) is -1.07. The van der Waals surface area contributed by atoms with Crippen molar-refractivity contribution < 1.29 is 14.4 Å². The monoisotopic (exact) mass is 315 g/mol. The number of fused-ring (bicyclic) bond motifs is 1. The van der Waals surface area contributed by atoms with Crippen LogP contribution in [0.3, 0.4) is 0 Å². The number of likely N-dealkylation sites (tertiary alicyclic amines) is 1. The number of hydrogen-bond donors (Lipinski definition) is 1. The number of nitrogens with zero attached hydrogens (tertiary/aromatic N) is 2. The van der Waals surface area contributed by atoms with Crippen molar-refractivity contribution in [3.05, 3.63) is 35.4 Å². The van der Waals surface area contributed by atoms with Crippen molar-refractivity contribution in [1.29, 1.82) is 0 Å². The lowest BCUT2D eigenvalue weighted by atomic mass is 10.1. The molecule has 0 unspecified atom stereocenters. The van der Waals surface area contributed by atoms with Crippen LogP contribution in [0, 0.1) is 0 Å².